The zero-order valence-corrected chi connectivity index (χ0v) is 29.9. The van der Waals surface area contributed by atoms with Gasteiger partial charge in [-0.1, -0.05) is 38.1 Å². The van der Waals surface area contributed by atoms with Gasteiger partial charge in [0.1, 0.15) is 34.7 Å². The number of rotatable bonds is 10. The number of pyridine rings is 1. The number of carbonyl (C=O) groups is 1. The molecule has 1 saturated carbocycles. The number of hydrogen-bond acceptors (Lipinski definition) is 7. The van der Waals surface area contributed by atoms with Crippen molar-refractivity contribution in [3.05, 3.63) is 108 Å². The Bertz CT molecular complexity index is 1970. The van der Waals surface area contributed by atoms with Crippen LogP contribution in [-0.4, -0.2) is 60.0 Å². The van der Waals surface area contributed by atoms with Gasteiger partial charge in [-0.3, -0.25) is 9.69 Å². The summed E-state index contributed by atoms with van der Waals surface area (Å²) in [6, 6.07) is 27.9. The minimum Gasteiger partial charge on any atom is -0.497 e. The summed E-state index contributed by atoms with van der Waals surface area (Å²) >= 11 is 0. The van der Waals surface area contributed by atoms with Gasteiger partial charge in [0.05, 0.1) is 18.9 Å². The molecule has 2 aliphatic heterocycles. The third-order valence-electron chi connectivity index (χ3n) is 11.7. The Morgan fingerprint density at radius 3 is 2.47 bits per heavy atom. The molecule has 3 fully saturated rings. The number of nitrogens with zero attached hydrogens (tertiary/aromatic N) is 3. The van der Waals surface area contributed by atoms with Crippen molar-refractivity contribution >= 4 is 23.0 Å². The first-order valence-electron chi connectivity index (χ1n) is 18.5. The number of H-pyrrole nitrogens is 1. The van der Waals surface area contributed by atoms with Gasteiger partial charge in [-0.05, 0) is 103 Å². The number of aromatic amines is 1. The number of likely N-dealkylation sites (tertiary alicyclic amines) is 1. The van der Waals surface area contributed by atoms with Crippen molar-refractivity contribution in [3.63, 3.8) is 0 Å². The molecular formula is C43H48N4O4. The molecule has 3 aliphatic rings. The number of aromatic nitrogens is 2. The summed E-state index contributed by atoms with van der Waals surface area (Å²) in [5.74, 6) is 3.41. The van der Waals surface area contributed by atoms with Gasteiger partial charge in [-0.2, -0.15) is 0 Å². The van der Waals surface area contributed by atoms with Crippen LogP contribution in [0.4, 0.5) is 5.69 Å². The van der Waals surface area contributed by atoms with Gasteiger partial charge < -0.3 is 24.1 Å². The van der Waals surface area contributed by atoms with E-state index in [1.54, 1.807) is 13.3 Å². The highest BCUT2D eigenvalue weighted by Crippen LogP contribution is 2.54. The average molecular weight is 685 g/mol. The zero-order chi connectivity index (χ0) is 35.0. The highest BCUT2D eigenvalue weighted by atomic mass is 16.5. The number of anilines is 1. The molecule has 8 heteroatoms. The molecule has 0 amide bonds. The molecule has 2 saturated heterocycles. The molecule has 1 aliphatic carbocycles. The minimum atomic E-state index is 0.171. The van der Waals surface area contributed by atoms with E-state index in [2.05, 4.69) is 63.9 Å². The van der Waals surface area contributed by atoms with Crippen molar-refractivity contribution in [2.75, 3.05) is 31.6 Å². The highest BCUT2D eigenvalue weighted by molar-refractivity contribution is 5.81. The Hall–Kier alpha value is -4.82. The average Bonchev–Trinajstić information content (AvgIpc) is 3.62. The van der Waals surface area contributed by atoms with Crippen molar-refractivity contribution in [2.45, 2.75) is 76.5 Å². The maximum atomic E-state index is 11.9. The van der Waals surface area contributed by atoms with Crippen LogP contribution in [0, 0.1) is 5.41 Å². The summed E-state index contributed by atoms with van der Waals surface area (Å²) < 4.78 is 18.2. The number of hydrogen-bond donors (Lipinski definition) is 1. The number of nitrogens with one attached hydrogen (secondary N) is 1. The number of aldehydes is 1. The van der Waals surface area contributed by atoms with Crippen LogP contribution in [0.1, 0.15) is 85.8 Å². The summed E-state index contributed by atoms with van der Waals surface area (Å²) in [5.41, 5.74) is 5.75. The summed E-state index contributed by atoms with van der Waals surface area (Å²) in [5, 5.41) is 0.971. The fourth-order valence-electron chi connectivity index (χ4n) is 8.82. The smallest absolute Gasteiger partial charge is 0.153 e. The molecule has 2 unspecified atom stereocenters. The summed E-state index contributed by atoms with van der Waals surface area (Å²) in [6.07, 6.45) is 11.5. The van der Waals surface area contributed by atoms with Gasteiger partial charge in [-0.15, -0.1) is 0 Å². The van der Waals surface area contributed by atoms with Crippen molar-refractivity contribution in [1.82, 2.24) is 14.9 Å². The van der Waals surface area contributed by atoms with Crippen molar-refractivity contribution in [3.8, 4) is 23.0 Å². The van der Waals surface area contributed by atoms with E-state index in [0.717, 1.165) is 67.0 Å². The first kappa shape index (κ1) is 33.3. The lowest BCUT2D eigenvalue weighted by molar-refractivity contribution is -0.0637. The SMILES string of the molecule is COc1ccc(OC2CCN(C3CC4(CCN(c5ccc(C=O)c(Oc6cnc7[nH]ccc7c6)c5)CC4)C3)C(c3ccccc3C(C)C)C2)cc1. The van der Waals surface area contributed by atoms with E-state index in [0.29, 0.717) is 40.5 Å². The predicted octanol–water partition coefficient (Wildman–Crippen LogP) is 9.33. The van der Waals surface area contributed by atoms with Crippen LogP contribution in [0.2, 0.25) is 0 Å². The topological polar surface area (TPSA) is 79.9 Å². The van der Waals surface area contributed by atoms with Gasteiger partial charge in [0, 0.05) is 61.5 Å². The van der Waals surface area contributed by atoms with Crippen LogP contribution in [0.25, 0.3) is 11.0 Å². The van der Waals surface area contributed by atoms with Crippen molar-refractivity contribution < 1.29 is 19.0 Å². The van der Waals surface area contributed by atoms with E-state index in [1.807, 2.05) is 54.7 Å². The third kappa shape index (κ3) is 6.81. The second kappa shape index (κ2) is 14.1. The van der Waals surface area contributed by atoms with E-state index < -0.39 is 0 Å². The maximum Gasteiger partial charge on any atom is 0.153 e. The standard InChI is InChI=1S/C43H48N4O4/c1-29(2)38-6-4-5-7-39(38)40-24-36(50-35-12-10-34(49-3)11-13-35)15-19-47(40)33-25-43(26-33)16-20-46(21-17-43)32-9-8-31(28-48)41(23-32)51-37-22-30-14-18-44-42(30)45-27-37/h4-14,18,22-23,27-29,33,36,40H,15-17,19-21,24-26H2,1-3H3,(H,44,45). The lowest BCUT2D eigenvalue weighted by atomic mass is 9.59. The van der Waals surface area contributed by atoms with Crippen LogP contribution in [0.15, 0.2) is 91.3 Å². The van der Waals surface area contributed by atoms with Crippen molar-refractivity contribution in [1.29, 1.82) is 0 Å². The molecule has 264 valence electrons. The number of ether oxygens (including phenoxy) is 3. The van der Waals surface area contributed by atoms with Gasteiger partial charge >= 0.3 is 0 Å². The fraction of sp³-hybridized carbons (Fsp3) is 0.395. The Balaban J connectivity index is 0.938. The lowest BCUT2D eigenvalue weighted by Gasteiger charge is -2.58. The van der Waals surface area contributed by atoms with E-state index in [9.17, 15) is 4.79 Å². The number of carbonyl (C=O) groups excluding carboxylic acids is 1. The Morgan fingerprint density at radius 2 is 1.71 bits per heavy atom. The Kier molecular flexibility index (Phi) is 9.19. The van der Waals surface area contributed by atoms with Crippen LogP contribution in [0.5, 0.6) is 23.0 Å². The summed E-state index contributed by atoms with van der Waals surface area (Å²) in [4.78, 5) is 24.8. The molecule has 1 spiro atoms. The monoisotopic (exact) mass is 684 g/mol. The molecule has 3 aromatic carbocycles. The molecule has 2 aromatic heterocycles. The number of fused-ring (bicyclic) bond motifs is 1. The number of piperidine rings is 2. The predicted molar refractivity (Wildman–Crippen MR) is 202 cm³/mol. The van der Waals surface area contributed by atoms with Crippen LogP contribution in [0.3, 0.4) is 0 Å². The quantitative estimate of drug-likeness (QED) is 0.147. The van der Waals surface area contributed by atoms with E-state index in [4.69, 9.17) is 14.2 Å². The van der Waals surface area contributed by atoms with Crippen molar-refractivity contribution in [2.24, 2.45) is 5.41 Å². The van der Waals surface area contributed by atoms with Gasteiger partial charge in [0.15, 0.2) is 6.29 Å². The largest absolute Gasteiger partial charge is 0.497 e. The first-order valence-corrected chi connectivity index (χ1v) is 18.5. The molecule has 8 nitrogen and oxygen atoms in total. The van der Waals surface area contributed by atoms with Crippen LogP contribution in [-0.2, 0) is 0 Å². The summed E-state index contributed by atoms with van der Waals surface area (Å²) in [7, 11) is 1.70. The van der Waals surface area contributed by atoms with Gasteiger partial charge in [-0.25, -0.2) is 4.98 Å². The van der Waals surface area contributed by atoms with E-state index in [1.165, 1.54) is 36.8 Å². The highest BCUT2D eigenvalue weighted by Gasteiger charge is 2.50. The normalized spacial score (nSPS) is 20.7. The first-order chi connectivity index (χ1) is 24.9. The van der Waals surface area contributed by atoms with Crippen LogP contribution >= 0.6 is 0 Å². The zero-order valence-electron chi connectivity index (χ0n) is 29.9. The second-order valence-corrected chi connectivity index (χ2v) is 15.1. The fourth-order valence-corrected chi connectivity index (χ4v) is 8.82. The minimum absolute atomic E-state index is 0.171. The molecular weight excluding hydrogens is 636 g/mol. The van der Waals surface area contributed by atoms with Gasteiger partial charge in [0.25, 0.3) is 0 Å². The third-order valence-corrected chi connectivity index (χ3v) is 11.7. The van der Waals surface area contributed by atoms with Gasteiger partial charge in [0.2, 0.25) is 0 Å². The van der Waals surface area contributed by atoms with Crippen LogP contribution < -0.4 is 19.1 Å². The number of methoxy groups -OCH3 is 1. The number of benzene rings is 3. The Labute approximate surface area is 300 Å². The van der Waals surface area contributed by atoms with E-state index >= 15 is 0 Å². The molecule has 2 atom stereocenters. The molecule has 0 bridgehead atoms. The maximum absolute atomic E-state index is 11.9. The molecule has 5 aromatic rings. The molecule has 0 radical (unpaired) electrons. The molecule has 4 heterocycles. The second-order valence-electron chi connectivity index (χ2n) is 15.1. The Morgan fingerprint density at radius 1 is 0.922 bits per heavy atom. The molecule has 8 rings (SSSR count). The lowest BCUT2D eigenvalue weighted by Crippen LogP contribution is -2.57. The molecule has 51 heavy (non-hydrogen) atoms. The summed E-state index contributed by atoms with van der Waals surface area (Å²) in [6.45, 7) is 7.67. The van der Waals surface area contributed by atoms with E-state index in [-0.39, 0.29) is 6.10 Å². The molecule has 1 N–H and O–H groups in total.